The molecule has 0 saturated heterocycles. The molecule has 1 heterocycles. The number of nitrogens with zero attached hydrogens (tertiary/aromatic N) is 1. The van der Waals surface area contributed by atoms with Crippen LogP contribution < -0.4 is 5.32 Å². The van der Waals surface area contributed by atoms with E-state index in [2.05, 4.69) is 60.3 Å². The van der Waals surface area contributed by atoms with Crippen LogP contribution in [0.5, 0.6) is 0 Å². The third kappa shape index (κ3) is 7.29. The fraction of sp³-hybridized carbons (Fsp3) is 0.130. The van der Waals surface area contributed by atoms with Crippen LogP contribution in [0.1, 0.15) is 23.8 Å². The molecule has 2 aromatic carbocycles. The smallest absolute Gasteiger partial charge is 0.207 e. The summed E-state index contributed by atoms with van der Waals surface area (Å²) in [6.45, 7) is 6.26. The first kappa shape index (κ1) is 21.3. The number of furan rings is 1. The van der Waals surface area contributed by atoms with Crippen LogP contribution in [0.4, 0.5) is 0 Å². The highest BCUT2D eigenvalue weighted by Gasteiger charge is 2.04. The number of carbonyl (C=O) groups is 1. The number of thioether (sulfide) groups is 1. The Labute approximate surface area is 170 Å². The second-order valence-corrected chi connectivity index (χ2v) is 6.97. The molecule has 0 aliphatic rings. The van der Waals surface area contributed by atoms with Crippen molar-refractivity contribution in [3.05, 3.63) is 101 Å². The molecule has 1 aromatic heterocycles. The van der Waals surface area contributed by atoms with Crippen molar-refractivity contribution >= 4 is 30.6 Å². The van der Waals surface area contributed by atoms with Crippen molar-refractivity contribution in [2.45, 2.75) is 19.2 Å². The quantitative estimate of drug-likeness (QED) is 0.405. The molecule has 0 aliphatic carbocycles. The zero-order valence-electron chi connectivity index (χ0n) is 15.9. The summed E-state index contributed by atoms with van der Waals surface area (Å²) in [7, 11) is 0. The summed E-state index contributed by atoms with van der Waals surface area (Å²) in [6, 6.07) is 24.2. The lowest BCUT2D eigenvalue weighted by molar-refractivity contribution is -0.109. The van der Waals surface area contributed by atoms with Gasteiger partial charge in [0.15, 0.2) is 0 Å². The first-order valence-corrected chi connectivity index (χ1v) is 9.82. The molecule has 0 saturated carbocycles. The van der Waals surface area contributed by atoms with Gasteiger partial charge in [-0.3, -0.25) is 9.79 Å². The topological polar surface area (TPSA) is 54.6 Å². The van der Waals surface area contributed by atoms with Gasteiger partial charge in [0, 0.05) is 16.2 Å². The predicted octanol–water partition coefficient (Wildman–Crippen LogP) is 5.53. The van der Waals surface area contributed by atoms with Crippen LogP contribution in [-0.2, 0) is 17.1 Å². The normalized spacial score (nSPS) is 10.9. The second kappa shape index (κ2) is 12.4. The summed E-state index contributed by atoms with van der Waals surface area (Å²) in [5.74, 6) is 1.72. The average Bonchev–Trinajstić information content (AvgIpc) is 3.27. The lowest BCUT2D eigenvalue weighted by Crippen LogP contribution is -2.08. The number of aliphatic imine (C=N–C) groups is 1. The van der Waals surface area contributed by atoms with E-state index in [9.17, 15) is 4.79 Å². The molecule has 0 bridgehead atoms. The highest BCUT2D eigenvalue weighted by Crippen LogP contribution is 2.29. The van der Waals surface area contributed by atoms with Gasteiger partial charge in [-0.2, -0.15) is 0 Å². The van der Waals surface area contributed by atoms with Crippen LogP contribution in [0, 0.1) is 0 Å². The van der Waals surface area contributed by atoms with Gasteiger partial charge < -0.3 is 9.73 Å². The van der Waals surface area contributed by atoms with Crippen LogP contribution >= 0.6 is 11.8 Å². The van der Waals surface area contributed by atoms with Gasteiger partial charge in [0.2, 0.25) is 6.41 Å². The van der Waals surface area contributed by atoms with E-state index < -0.39 is 0 Å². The largest absolute Gasteiger partial charge is 0.467 e. The summed E-state index contributed by atoms with van der Waals surface area (Å²) in [5.41, 5.74) is 3.42. The van der Waals surface area contributed by atoms with Crippen molar-refractivity contribution in [2.75, 3.05) is 0 Å². The zero-order chi connectivity index (χ0) is 20.0. The summed E-state index contributed by atoms with van der Waals surface area (Å²) < 4.78 is 4.91. The van der Waals surface area contributed by atoms with E-state index >= 15 is 0 Å². The third-order valence-corrected chi connectivity index (χ3v) is 4.88. The van der Waals surface area contributed by atoms with E-state index in [1.54, 1.807) is 30.2 Å². The molecule has 144 valence electrons. The fourth-order valence-corrected chi connectivity index (χ4v) is 3.29. The van der Waals surface area contributed by atoms with Crippen molar-refractivity contribution in [1.82, 2.24) is 5.32 Å². The lowest BCUT2D eigenvalue weighted by atomic mass is 10.1. The van der Waals surface area contributed by atoms with Gasteiger partial charge in [-0.1, -0.05) is 60.7 Å². The van der Waals surface area contributed by atoms with Crippen molar-refractivity contribution in [1.29, 1.82) is 0 Å². The van der Waals surface area contributed by atoms with Crippen LogP contribution in [-0.4, -0.2) is 13.1 Å². The van der Waals surface area contributed by atoms with Gasteiger partial charge in [-0.15, -0.1) is 11.8 Å². The SMILES string of the molecule is C=N/C(=C(/C)SCc1ccccc1)c1ccccc1.O=CNCc1ccco1. The van der Waals surface area contributed by atoms with Gasteiger partial charge in [0.1, 0.15) is 5.76 Å². The summed E-state index contributed by atoms with van der Waals surface area (Å²) in [5, 5.41) is 2.48. The van der Waals surface area contributed by atoms with Crippen LogP contribution in [0.2, 0.25) is 0 Å². The van der Waals surface area contributed by atoms with E-state index in [-0.39, 0.29) is 0 Å². The Morgan fingerprint density at radius 2 is 1.75 bits per heavy atom. The molecule has 5 heteroatoms. The predicted molar refractivity (Wildman–Crippen MR) is 118 cm³/mol. The minimum atomic E-state index is 0.469. The van der Waals surface area contributed by atoms with E-state index in [4.69, 9.17) is 4.42 Å². The minimum Gasteiger partial charge on any atom is -0.467 e. The Balaban J connectivity index is 0.000000261. The molecule has 4 nitrogen and oxygen atoms in total. The number of carbonyl (C=O) groups excluding carboxylic acids is 1. The molecule has 0 radical (unpaired) electrons. The van der Waals surface area contributed by atoms with Crippen LogP contribution in [0.3, 0.4) is 0 Å². The van der Waals surface area contributed by atoms with Gasteiger partial charge in [-0.25, -0.2) is 0 Å². The Kier molecular flexibility index (Phi) is 9.38. The monoisotopic (exact) mass is 392 g/mol. The number of hydrogen-bond acceptors (Lipinski definition) is 4. The highest BCUT2D eigenvalue weighted by atomic mass is 32.2. The molecule has 0 spiro atoms. The first-order valence-electron chi connectivity index (χ1n) is 8.83. The Hall–Kier alpha value is -3.05. The standard InChI is InChI=1S/C17H17NS.C6H7NO2/c1-14(19-13-15-9-5-3-6-10-15)17(18-2)16-11-7-4-8-12-16;8-5-7-4-6-2-1-3-9-6/h3-12H,2,13H2,1H3;1-3,5H,4H2,(H,7,8)/b17-14-;. The molecule has 1 N–H and O–H groups in total. The lowest BCUT2D eigenvalue weighted by Gasteiger charge is -2.08. The Bertz CT molecular complexity index is 860. The van der Waals surface area contributed by atoms with E-state index in [1.807, 2.05) is 24.3 Å². The van der Waals surface area contributed by atoms with Crippen molar-refractivity contribution in [2.24, 2.45) is 4.99 Å². The fourth-order valence-electron chi connectivity index (χ4n) is 2.39. The summed E-state index contributed by atoms with van der Waals surface area (Å²) >= 11 is 1.80. The molecule has 0 atom stereocenters. The van der Waals surface area contributed by atoms with Gasteiger partial charge >= 0.3 is 0 Å². The third-order valence-electron chi connectivity index (χ3n) is 3.78. The molecule has 0 unspecified atom stereocenters. The molecule has 3 aromatic rings. The number of allylic oxidation sites excluding steroid dienone is 1. The van der Waals surface area contributed by atoms with E-state index in [1.165, 1.54) is 10.5 Å². The van der Waals surface area contributed by atoms with E-state index in [0.717, 1.165) is 22.8 Å². The van der Waals surface area contributed by atoms with Crippen molar-refractivity contribution in [3.63, 3.8) is 0 Å². The maximum atomic E-state index is 9.75. The molecule has 0 fully saturated rings. The number of rotatable bonds is 8. The summed E-state index contributed by atoms with van der Waals surface area (Å²) in [4.78, 5) is 15.1. The highest BCUT2D eigenvalue weighted by molar-refractivity contribution is 8.02. The summed E-state index contributed by atoms with van der Waals surface area (Å²) in [6.07, 6.45) is 2.21. The molecule has 3 rings (SSSR count). The van der Waals surface area contributed by atoms with Crippen molar-refractivity contribution < 1.29 is 9.21 Å². The molecule has 1 amide bonds. The number of amides is 1. The number of hydrogen-bond donors (Lipinski definition) is 1. The van der Waals surface area contributed by atoms with Gasteiger partial charge in [0.25, 0.3) is 0 Å². The Morgan fingerprint density at radius 1 is 1.07 bits per heavy atom. The average molecular weight is 393 g/mol. The molecular weight excluding hydrogens is 368 g/mol. The van der Waals surface area contributed by atoms with Gasteiger partial charge in [-0.05, 0) is 31.3 Å². The number of nitrogens with one attached hydrogen (secondary N) is 1. The maximum Gasteiger partial charge on any atom is 0.207 e. The number of benzene rings is 2. The van der Waals surface area contributed by atoms with Crippen molar-refractivity contribution in [3.8, 4) is 0 Å². The maximum absolute atomic E-state index is 9.75. The van der Waals surface area contributed by atoms with Crippen LogP contribution in [0.25, 0.3) is 5.70 Å². The van der Waals surface area contributed by atoms with E-state index in [0.29, 0.717) is 13.0 Å². The van der Waals surface area contributed by atoms with Crippen LogP contribution in [0.15, 0.2) is 93.4 Å². The minimum absolute atomic E-state index is 0.469. The zero-order valence-corrected chi connectivity index (χ0v) is 16.7. The molecule has 28 heavy (non-hydrogen) atoms. The second-order valence-electron chi connectivity index (χ2n) is 5.78. The first-order chi connectivity index (χ1) is 13.7. The molecular formula is C23H24N2O2S. The molecule has 0 aliphatic heterocycles. The van der Waals surface area contributed by atoms with Gasteiger partial charge in [0.05, 0.1) is 18.5 Å². The Morgan fingerprint density at radius 3 is 2.32 bits per heavy atom.